The number of carbonyl (C=O) groups excluding carboxylic acids is 1. The Morgan fingerprint density at radius 1 is 1.21 bits per heavy atom. The van der Waals surface area contributed by atoms with Crippen LogP contribution in [0.2, 0.25) is 10.0 Å². The summed E-state index contributed by atoms with van der Waals surface area (Å²) < 4.78 is 16.2. The molecule has 124 valence electrons. The van der Waals surface area contributed by atoms with Crippen LogP contribution in [0.1, 0.15) is 12.8 Å². The molecule has 0 aliphatic rings. The van der Waals surface area contributed by atoms with Gasteiger partial charge < -0.3 is 13.9 Å². The van der Waals surface area contributed by atoms with E-state index in [1.165, 1.54) is 6.07 Å². The van der Waals surface area contributed by atoms with Crippen LogP contribution in [0.25, 0.3) is 11.1 Å². The predicted octanol–water partition coefficient (Wildman–Crippen LogP) is 4.82. The third kappa shape index (κ3) is 3.63. The Labute approximate surface area is 148 Å². The number of nitrogens with zero attached hydrogens (tertiary/aromatic N) is 1. The number of carbonyl (C=O) groups is 1. The van der Waals surface area contributed by atoms with Gasteiger partial charge in [-0.25, -0.2) is 9.78 Å². The average molecular weight is 366 g/mol. The van der Waals surface area contributed by atoms with Gasteiger partial charge in [0.1, 0.15) is 17.0 Å². The topological polar surface area (TPSA) is 61.6 Å². The molecule has 0 aliphatic carbocycles. The lowest BCUT2D eigenvalue weighted by molar-refractivity contribution is -0.141. The van der Waals surface area contributed by atoms with Crippen molar-refractivity contribution in [3.63, 3.8) is 0 Å². The maximum Gasteiger partial charge on any atom is 0.352 e. The van der Waals surface area contributed by atoms with Crippen LogP contribution in [0.5, 0.6) is 11.5 Å². The number of halogens is 2. The molecule has 1 heterocycles. The van der Waals surface area contributed by atoms with E-state index in [0.717, 1.165) is 0 Å². The zero-order valence-corrected chi connectivity index (χ0v) is 14.4. The standard InChI is InChI=1S/C17H13Cl2NO4/c1-9(22-15-6-3-11(18)7-13(15)19)17(21)24-12-4-5-14-16(8-12)23-10(2)20-14/h3-9H,1-2H3. The van der Waals surface area contributed by atoms with Gasteiger partial charge in [0.25, 0.3) is 0 Å². The van der Waals surface area contributed by atoms with Gasteiger partial charge in [-0.3, -0.25) is 0 Å². The molecule has 3 rings (SSSR count). The number of aromatic nitrogens is 1. The molecule has 0 spiro atoms. The van der Waals surface area contributed by atoms with Gasteiger partial charge in [0.15, 0.2) is 17.6 Å². The third-order valence-electron chi connectivity index (χ3n) is 3.21. The minimum Gasteiger partial charge on any atom is -0.477 e. The lowest BCUT2D eigenvalue weighted by Gasteiger charge is -2.14. The van der Waals surface area contributed by atoms with Crippen LogP contribution in [0.4, 0.5) is 0 Å². The lowest BCUT2D eigenvalue weighted by Crippen LogP contribution is -2.28. The summed E-state index contributed by atoms with van der Waals surface area (Å²) >= 11 is 11.9. The molecule has 3 aromatic rings. The highest BCUT2D eigenvalue weighted by Crippen LogP contribution is 2.28. The summed E-state index contributed by atoms with van der Waals surface area (Å²) in [7, 11) is 0. The molecule has 0 saturated heterocycles. The Bertz CT molecular complexity index is 907. The summed E-state index contributed by atoms with van der Waals surface area (Å²) in [5.74, 6) is 0.687. The van der Waals surface area contributed by atoms with Crippen LogP contribution in [0.15, 0.2) is 40.8 Å². The zero-order valence-electron chi connectivity index (χ0n) is 12.9. The number of benzene rings is 2. The summed E-state index contributed by atoms with van der Waals surface area (Å²) in [6.45, 7) is 3.32. The number of rotatable bonds is 4. The molecule has 5 nitrogen and oxygen atoms in total. The maximum absolute atomic E-state index is 12.2. The Kier molecular flexibility index (Phi) is 4.64. The molecule has 1 aromatic heterocycles. The van der Waals surface area contributed by atoms with E-state index in [2.05, 4.69) is 4.98 Å². The fourth-order valence-electron chi connectivity index (χ4n) is 2.09. The van der Waals surface area contributed by atoms with Crippen LogP contribution < -0.4 is 9.47 Å². The number of hydrogen-bond donors (Lipinski definition) is 0. The first-order valence-corrected chi connectivity index (χ1v) is 7.88. The van der Waals surface area contributed by atoms with Gasteiger partial charge in [-0.2, -0.15) is 0 Å². The average Bonchev–Trinajstić information content (AvgIpc) is 2.89. The van der Waals surface area contributed by atoms with Gasteiger partial charge >= 0.3 is 5.97 Å². The van der Waals surface area contributed by atoms with Gasteiger partial charge in [-0.15, -0.1) is 0 Å². The minimum absolute atomic E-state index is 0.320. The Morgan fingerprint density at radius 3 is 2.75 bits per heavy atom. The summed E-state index contributed by atoms with van der Waals surface area (Å²) in [6.07, 6.45) is -0.851. The van der Waals surface area contributed by atoms with Crippen molar-refractivity contribution in [2.75, 3.05) is 0 Å². The van der Waals surface area contributed by atoms with Crippen molar-refractivity contribution in [3.05, 3.63) is 52.3 Å². The van der Waals surface area contributed by atoms with Crippen molar-refractivity contribution in [1.29, 1.82) is 0 Å². The van der Waals surface area contributed by atoms with Gasteiger partial charge in [0.2, 0.25) is 0 Å². The Morgan fingerprint density at radius 2 is 2.00 bits per heavy atom. The second-order valence-corrected chi connectivity index (χ2v) is 5.96. The molecule has 24 heavy (non-hydrogen) atoms. The molecule has 0 aliphatic heterocycles. The van der Waals surface area contributed by atoms with E-state index in [0.29, 0.717) is 38.5 Å². The van der Waals surface area contributed by atoms with E-state index in [9.17, 15) is 4.79 Å². The second-order valence-electron chi connectivity index (χ2n) is 5.12. The number of hydrogen-bond acceptors (Lipinski definition) is 5. The molecule has 0 saturated carbocycles. The quantitative estimate of drug-likeness (QED) is 0.490. The van der Waals surface area contributed by atoms with E-state index in [1.54, 1.807) is 44.2 Å². The van der Waals surface area contributed by atoms with E-state index in [4.69, 9.17) is 37.1 Å². The molecule has 2 aromatic carbocycles. The molecule has 7 heteroatoms. The van der Waals surface area contributed by atoms with Gasteiger partial charge in [0.05, 0.1) is 5.02 Å². The van der Waals surface area contributed by atoms with Crippen molar-refractivity contribution in [2.24, 2.45) is 0 Å². The highest BCUT2D eigenvalue weighted by atomic mass is 35.5. The summed E-state index contributed by atoms with van der Waals surface area (Å²) in [5.41, 5.74) is 1.25. The van der Waals surface area contributed by atoms with Gasteiger partial charge in [-0.05, 0) is 37.3 Å². The third-order valence-corrected chi connectivity index (χ3v) is 3.75. The number of esters is 1. The van der Waals surface area contributed by atoms with Crippen LogP contribution >= 0.6 is 23.2 Å². The van der Waals surface area contributed by atoms with E-state index < -0.39 is 12.1 Å². The smallest absolute Gasteiger partial charge is 0.352 e. The Hall–Kier alpha value is -2.24. The minimum atomic E-state index is -0.851. The predicted molar refractivity (Wildman–Crippen MR) is 90.9 cm³/mol. The summed E-state index contributed by atoms with van der Waals surface area (Å²) in [5, 5.41) is 0.805. The van der Waals surface area contributed by atoms with Crippen molar-refractivity contribution < 1.29 is 18.7 Å². The molecular weight excluding hydrogens is 353 g/mol. The van der Waals surface area contributed by atoms with E-state index in [-0.39, 0.29) is 0 Å². The second kappa shape index (κ2) is 6.71. The molecule has 0 amide bonds. The highest BCUT2D eigenvalue weighted by molar-refractivity contribution is 6.35. The lowest BCUT2D eigenvalue weighted by atomic mass is 10.3. The van der Waals surface area contributed by atoms with Crippen LogP contribution in [0, 0.1) is 6.92 Å². The van der Waals surface area contributed by atoms with E-state index >= 15 is 0 Å². The normalized spacial score (nSPS) is 12.2. The van der Waals surface area contributed by atoms with Crippen molar-refractivity contribution >= 4 is 40.3 Å². The Balaban J connectivity index is 1.70. The molecule has 0 fully saturated rings. The molecule has 1 atom stereocenters. The van der Waals surface area contributed by atoms with Gasteiger partial charge in [0, 0.05) is 18.0 Å². The van der Waals surface area contributed by atoms with Crippen molar-refractivity contribution in [1.82, 2.24) is 4.98 Å². The molecular formula is C17H13Cl2NO4. The largest absolute Gasteiger partial charge is 0.477 e. The maximum atomic E-state index is 12.2. The summed E-state index contributed by atoms with van der Waals surface area (Å²) in [4.78, 5) is 16.4. The first-order chi connectivity index (χ1) is 11.4. The molecule has 1 unspecified atom stereocenters. The van der Waals surface area contributed by atoms with Crippen LogP contribution in [0.3, 0.4) is 0 Å². The van der Waals surface area contributed by atoms with Crippen molar-refractivity contribution in [2.45, 2.75) is 20.0 Å². The summed E-state index contributed by atoms with van der Waals surface area (Å²) in [6, 6.07) is 9.73. The van der Waals surface area contributed by atoms with Gasteiger partial charge in [-0.1, -0.05) is 23.2 Å². The molecule has 0 N–H and O–H groups in total. The SMILES string of the molecule is Cc1nc2ccc(OC(=O)C(C)Oc3ccc(Cl)cc3Cl)cc2o1. The van der Waals surface area contributed by atoms with Crippen LogP contribution in [-0.4, -0.2) is 17.1 Å². The fourth-order valence-corrected chi connectivity index (χ4v) is 2.55. The number of aryl methyl sites for hydroxylation is 1. The number of ether oxygens (including phenoxy) is 2. The molecule has 0 radical (unpaired) electrons. The monoisotopic (exact) mass is 365 g/mol. The zero-order chi connectivity index (χ0) is 17.3. The fraction of sp³-hybridized carbons (Fsp3) is 0.176. The molecule has 0 bridgehead atoms. The highest BCUT2D eigenvalue weighted by Gasteiger charge is 2.19. The first kappa shape index (κ1) is 16.6. The first-order valence-electron chi connectivity index (χ1n) is 7.13. The van der Waals surface area contributed by atoms with Crippen LogP contribution in [-0.2, 0) is 4.79 Å². The van der Waals surface area contributed by atoms with E-state index in [1.807, 2.05) is 0 Å². The van der Waals surface area contributed by atoms with Crippen molar-refractivity contribution in [3.8, 4) is 11.5 Å². The number of fused-ring (bicyclic) bond motifs is 1. The number of oxazole rings is 1.